The molecule has 0 unspecified atom stereocenters. The van der Waals surface area contributed by atoms with Gasteiger partial charge in [-0.3, -0.25) is 14.4 Å². The van der Waals surface area contributed by atoms with Crippen molar-refractivity contribution < 1.29 is 32.6 Å². The van der Waals surface area contributed by atoms with Crippen LogP contribution in [0.3, 0.4) is 0 Å². The van der Waals surface area contributed by atoms with E-state index in [4.69, 9.17) is 22.1 Å². The van der Waals surface area contributed by atoms with E-state index in [0.717, 1.165) is 23.2 Å². The summed E-state index contributed by atoms with van der Waals surface area (Å²) in [6, 6.07) is 2.20. The zero-order valence-corrected chi connectivity index (χ0v) is 22.0. The lowest BCUT2D eigenvalue weighted by atomic mass is 10.0. The summed E-state index contributed by atoms with van der Waals surface area (Å²) < 4.78 is 51.6. The van der Waals surface area contributed by atoms with Crippen LogP contribution in [-0.4, -0.2) is 62.3 Å². The van der Waals surface area contributed by atoms with Crippen molar-refractivity contribution in [3.63, 3.8) is 0 Å². The maximum absolute atomic E-state index is 15.0. The summed E-state index contributed by atoms with van der Waals surface area (Å²) in [5, 5.41) is 11.7. The van der Waals surface area contributed by atoms with Crippen LogP contribution in [0.1, 0.15) is 10.4 Å². The fourth-order valence-corrected chi connectivity index (χ4v) is 4.61. The molecule has 1 aliphatic heterocycles. The molecule has 0 saturated carbocycles. The number of halogens is 4. The van der Waals surface area contributed by atoms with Crippen LogP contribution in [0.2, 0.25) is 5.02 Å². The number of morpholine rings is 1. The minimum absolute atomic E-state index is 0.0658. The van der Waals surface area contributed by atoms with E-state index < -0.39 is 63.4 Å². The number of nitrogens with one attached hydrogen (secondary N) is 1. The number of fused-ring (bicyclic) bond motifs is 1. The van der Waals surface area contributed by atoms with E-state index in [1.807, 2.05) is 0 Å². The molecule has 12 nitrogen and oxygen atoms in total. The Morgan fingerprint density at radius 3 is 2.56 bits per heavy atom. The molecule has 2 amide bonds. The average Bonchev–Trinajstić information content (AvgIpc) is 3.30. The zero-order chi connectivity index (χ0) is 29.6. The molecule has 41 heavy (non-hydrogen) atoms. The molecule has 0 spiro atoms. The number of nitrogens with zero attached hydrogens (tertiary/aromatic N) is 5. The second-order valence-electron chi connectivity index (χ2n) is 9.12. The highest BCUT2D eigenvalue weighted by atomic mass is 35.5. The molecule has 16 heteroatoms. The first-order valence-electron chi connectivity index (χ1n) is 12.0. The van der Waals surface area contributed by atoms with E-state index in [1.165, 1.54) is 17.7 Å². The number of aryl methyl sites for hydroxylation is 1. The molecular weight excluding hydrogens is 571 g/mol. The Bertz CT molecular complexity index is 1790. The zero-order valence-electron chi connectivity index (χ0n) is 21.3. The number of rotatable bonds is 6. The van der Waals surface area contributed by atoms with E-state index in [0.29, 0.717) is 26.3 Å². The summed E-state index contributed by atoms with van der Waals surface area (Å²) in [5.41, 5.74) is 2.87. The van der Waals surface area contributed by atoms with Gasteiger partial charge in [0.15, 0.2) is 11.6 Å². The molecule has 0 atom stereocenters. The predicted molar refractivity (Wildman–Crippen MR) is 141 cm³/mol. The highest BCUT2D eigenvalue weighted by molar-refractivity contribution is 6.33. The van der Waals surface area contributed by atoms with E-state index in [-0.39, 0.29) is 28.1 Å². The number of hydrogen-bond donors (Lipinski definition) is 3. The van der Waals surface area contributed by atoms with Gasteiger partial charge in [0.1, 0.15) is 23.0 Å². The number of nitrogens with two attached hydrogens (primary N) is 1. The van der Waals surface area contributed by atoms with Crippen LogP contribution in [0.25, 0.3) is 22.2 Å². The van der Waals surface area contributed by atoms with Gasteiger partial charge in [-0.2, -0.15) is 8.78 Å². The van der Waals surface area contributed by atoms with Gasteiger partial charge in [0.25, 0.3) is 11.5 Å². The van der Waals surface area contributed by atoms with Crippen LogP contribution in [-0.2, 0) is 23.1 Å². The van der Waals surface area contributed by atoms with Crippen LogP contribution in [0, 0.1) is 17.6 Å². The summed E-state index contributed by atoms with van der Waals surface area (Å²) >= 11 is 6.06. The lowest BCUT2D eigenvalue weighted by Gasteiger charge is -2.28. The van der Waals surface area contributed by atoms with Gasteiger partial charge in [-0.1, -0.05) is 11.6 Å². The van der Waals surface area contributed by atoms with Crippen molar-refractivity contribution in [2.24, 2.45) is 12.8 Å². The number of benzene rings is 1. The van der Waals surface area contributed by atoms with Crippen LogP contribution < -0.4 is 21.5 Å². The number of hydrogen-bond acceptors (Lipinski definition) is 8. The molecule has 1 fully saturated rings. The molecule has 0 bridgehead atoms. The second kappa shape index (κ2) is 10.7. The van der Waals surface area contributed by atoms with Gasteiger partial charge in [-0.05, 0) is 6.07 Å². The summed E-state index contributed by atoms with van der Waals surface area (Å²) in [7, 11) is 1.37. The van der Waals surface area contributed by atoms with Crippen molar-refractivity contribution in [3.05, 3.63) is 63.2 Å². The van der Waals surface area contributed by atoms with Crippen molar-refractivity contribution in [2.45, 2.75) is 6.54 Å². The highest BCUT2D eigenvalue weighted by Gasteiger charge is 2.26. The van der Waals surface area contributed by atoms with Gasteiger partial charge < -0.3 is 34.9 Å². The number of amides is 2. The molecule has 214 valence electrons. The van der Waals surface area contributed by atoms with Crippen molar-refractivity contribution in [3.8, 4) is 16.9 Å². The summed E-state index contributed by atoms with van der Waals surface area (Å²) in [4.78, 5) is 47.6. The fourth-order valence-electron chi connectivity index (χ4n) is 4.47. The Morgan fingerprint density at radius 2 is 1.88 bits per heavy atom. The normalized spacial score (nSPS) is 13.5. The number of ether oxygens (including phenoxy) is 1. The largest absolute Gasteiger partial charge is 0.504 e. The van der Waals surface area contributed by atoms with Gasteiger partial charge >= 0.3 is 0 Å². The molecule has 1 saturated heterocycles. The standard InChI is InChI=1S/C25H21ClF3N7O5/c1-34-10-31-24-17(25(34)40)13(11-6-12(23(30)39)21(38)20(28)19(11)27)8-36(24)9-16(37)32-14-7-15(33-22(29)18(14)26)35-2-4-41-5-3-35/h6-8,10,38H,2-5,9H2,1H3,(H2,30,39)(H,32,33,37). The molecule has 3 aromatic heterocycles. The lowest BCUT2D eigenvalue weighted by Crippen LogP contribution is -2.37. The van der Waals surface area contributed by atoms with Crippen molar-refractivity contribution in [1.82, 2.24) is 19.1 Å². The quantitative estimate of drug-likeness (QED) is 0.288. The summed E-state index contributed by atoms with van der Waals surface area (Å²) in [6.07, 6.45) is 2.32. The fraction of sp³-hybridized carbons (Fsp3) is 0.240. The van der Waals surface area contributed by atoms with E-state index >= 15 is 4.39 Å². The third-order valence-corrected chi connectivity index (χ3v) is 6.86. The number of phenols is 1. The Kier molecular flexibility index (Phi) is 7.31. The smallest absolute Gasteiger partial charge is 0.263 e. The van der Waals surface area contributed by atoms with Crippen LogP contribution in [0.4, 0.5) is 24.7 Å². The van der Waals surface area contributed by atoms with Gasteiger partial charge in [0.05, 0.1) is 36.2 Å². The highest BCUT2D eigenvalue weighted by Crippen LogP contribution is 2.36. The average molecular weight is 592 g/mol. The van der Waals surface area contributed by atoms with Crippen molar-refractivity contribution >= 4 is 46.0 Å². The van der Waals surface area contributed by atoms with Crippen LogP contribution in [0.5, 0.6) is 5.75 Å². The van der Waals surface area contributed by atoms with Crippen LogP contribution in [0.15, 0.2) is 29.5 Å². The summed E-state index contributed by atoms with van der Waals surface area (Å²) in [5.74, 6) is -7.33. The number of anilines is 2. The van der Waals surface area contributed by atoms with E-state index in [1.54, 1.807) is 4.90 Å². The Morgan fingerprint density at radius 1 is 1.17 bits per heavy atom. The van der Waals surface area contributed by atoms with Gasteiger partial charge in [0.2, 0.25) is 17.7 Å². The first-order chi connectivity index (χ1) is 19.5. The molecule has 4 N–H and O–H groups in total. The topological polar surface area (TPSA) is 158 Å². The molecule has 0 aliphatic carbocycles. The third kappa shape index (κ3) is 5.04. The first-order valence-corrected chi connectivity index (χ1v) is 12.4. The van der Waals surface area contributed by atoms with E-state index in [9.17, 15) is 28.3 Å². The second-order valence-corrected chi connectivity index (χ2v) is 9.50. The summed E-state index contributed by atoms with van der Waals surface area (Å²) in [6.45, 7) is 1.21. The number of aromatic hydroxyl groups is 1. The molecule has 1 aromatic carbocycles. The number of carbonyl (C=O) groups excluding carboxylic acids is 2. The Labute approximate surface area is 233 Å². The third-order valence-electron chi connectivity index (χ3n) is 6.50. The number of primary amides is 1. The minimum Gasteiger partial charge on any atom is -0.504 e. The molecule has 1 aliphatic rings. The first kappa shape index (κ1) is 27.9. The lowest BCUT2D eigenvalue weighted by molar-refractivity contribution is -0.116. The number of aromatic nitrogens is 4. The van der Waals surface area contributed by atoms with Gasteiger partial charge in [-0.15, -0.1) is 0 Å². The predicted octanol–water partition coefficient (Wildman–Crippen LogP) is 2.15. The van der Waals surface area contributed by atoms with Crippen molar-refractivity contribution in [2.75, 3.05) is 36.5 Å². The Balaban J connectivity index is 1.55. The van der Waals surface area contributed by atoms with Crippen LogP contribution >= 0.6 is 11.6 Å². The van der Waals surface area contributed by atoms with Gasteiger partial charge in [0, 0.05) is 43.5 Å². The maximum atomic E-state index is 15.0. The molecule has 4 heterocycles. The Hall–Kier alpha value is -4.63. The molecule has 0 radical (unpaired) electrons. The molecule has 4 aromatic rings. The van der Waals surface area contributed by atoms with Crippen molar-refractivity contribution in [1.29, 1.82) is 0 Å². The number of pyridine rings is 1. The SMILES string of the molecule is Cn1cnc2c(c(-c3cc(C(N)=O)c(O)c(F)c3F)cn2CC(=O)Nc2cc(N3CCOCC3)nc(F)c2Cl)c1=O. The van der Waals surface area contributed by atoms with E-state index in [2.05, 4.69) is 15.3 Å². The monoisotopic (exact) mass is 591 g/mol. The van der Waals surface area contributed by atoms with Gasteiger partial charge in [-0.25, -0.2) is 14.4 Å². The molecular formula is C25H21ClF3N7O5. The number of carbonyl (C=O) groups is 2. The molecule has 5 rings (SSSR count). The minimum atomic E-state index is -1.75. The maximum Gasteiger partial charge on any atom is 0.263 e.